The Labute approximate surface area is 198 Å². The number of aromatic nitrogens is 2. The number of hydrogen-bond donors (Lipinski definition) is 1. The predicted molar refractivity (Wildman–Crippen MR) is 133 cm³/mol. The van der Waals surface area contributed by atoms with Crippen molar-refractivity contribution in [1.82, 2.24) is 9.55 Å². The summed E-state index contributed by atoms with van der Waals surface area (Å²) in [5.74, 6) is -0.799. The first-order chi connectivity index (χ1) is 16.2. The molecule has 0 unspecified atom stereocenters. The topological polar surface area (TPSA) is 81.4 Å². The monoisotopic (exact) mass is 454 g/mol. The van der Waals surface area contributed by atoms with Gasteiger partial charge in [-0.25, -0.2) is 9.78 Å². The standard InChI is InChI=1S/C28H26N2O4/c1-19-8-14-22(15-9-19)25(31)26-29-23-6-4-5-7-24(23)30(26)17-16-20-10-12-21(13-11-20)18-34-28(2,3)27(32)33/h4-17H,18H2,1-3H3,(H,32,33)/b17-16+. The molecule has 1 N–H and O–H groups in total. The van der Waals surface area contributed by atoms with Gasteiger partial charge in [-0.05, 0) is 50.1 Å². The van der Waals surface area contributed by atoms with E-state index in [1.807, 2.05) is 96.6 Å². The van der Waals surface area contributed by atoms with Crippen molar-refractivity contribution < 1.29 is 19.4 Å². The van der Waals surface area contributed by atoms with Crippen molar-refractivity contribution in [1.29, 1.82) is 0 Å². The summed E-state index contributed by atoms with van der Waals surface area (Å²) in [6, 6.07) is 22.7. The Morgan fingerprint density at radius 3 is 2.35 bits per heavy atom. The molecule has 0 amide bonds. The molecule has 4 aromatic rings. The van der Waals surface area contributed by atoms with Gasteiger partial charge in [0, 0.05) is 11.8 Å². The molecular formula is C28H26N2O4. The summed E-state index contributed by atoms with van der Waals surface area (Å²) >= 11 is 0. The lowest BCUT2D eigenvalue weighted by atomic mass is 10.1. The van der Waals surface area contributed by atoms with Crippen LogP contribution in [0.15, 0.2) is 72.8 Å². The van der Waals surface area contributed by atoms with Crippen LogP contribution in [0.4, 0.5) is 0 Å². The van der Waals surface area contributed by atoms with E-state index in [-0.39, 0.29) is 12.4 Å². The number of nitrogens with zero attached hydrogens (tertiary/aromatic N) is 2. The molecule has 34 heavy (non-hydrogen) atoms. The SMILES string of the molecule is Cc1ccc(C(=O)c2nc3ccccc3n2/C=C/c2ccc(COC(C)(C)C(=O)O)cc2)cc1. The van der Waals surface area contributed by atoms with Crippen molar-refractivity contribution in [2.45, 2.75) is 33.0 Å². The minimum atomic E-state index is -1.25. The largest absolute Gasteiger partial charge is 0.479 e. The molecule has 4 rings (SSSR count). The Morgan fingerprint density at radius 2 is 1.68 bits per heavy atom. The summed E-state index contributed by atoms with van der Waals surface area (Å²) in [7, 11) is 0. The van der Waals surface area contributed by atoms with Gasteiger partial charge in [-0.2, -0.15) is 0 Å². The normalized spacial score (nSPS) is 11.9. The number of para-hydroxylation sites is 2. The molecule has 0 aliphatic heterocycles. The molecule has 0 saturated heterocycles. The number of ether oxygens (including phenoxy) is 1. The number of rotatable bonds is 8. The van der Waals surface area contributed by atoms with Crippen LogP contribution in [0, 0.1) is 6.92 Å². The number of ketones is 1. The van der Waals surface area contributed by atoms with E-state index in [0.29, 0.717) is 11.4 Å². The number of benzene rings is 3. The fourth-order valence-corrected chi connectivity index (χ4v) is 3.40. The quantitative estimate of drug-likeness (QED) is 0.351. The third-order valence-electron chi connectivity index (χ3n) is 5.62. The van der Waals surface area contributed by atoms with Crippen LogP contribution < -0.4 is 0 Å². The van der Waals surface area contributed by atoms with Crippen LogP contribution in [-0.4, -0.2) is 32.0 Å². The van der Waals surface area contributed by atoms with E-state index >= 15 is 0 Å². The van der Waals surface area contributed by atoms with Crippen molar-refractivity contribution >= 4 is 35.1 Å². The molecule has 0 spiro atoms. The predicted octanol–water partition coefficient (Wildman–Crippen LogP) is 5.58. The number of hydrogen-bond acceptors (Lipinski definition) is 4. The molecule has 1 heterocycles. The highest BCUT2D eigenvalue weighted by Crippen LogP contribution is 2.21. The maximum atomic E-state index is 13.2. The highest BCUT2D eigenvalue weighted by Gasteiger charge is 2.27. The Hall–Kier alpha value is -4.03. The number of carbonyl (C=O) groups excluding carboxylic acids is 1. The Kier molecular flexibility index (Phi) is 6.43. The third kappa shape index (κ3) is 4.97. The van der Waals surface area contributed by atoms with Crippen LogP contribution in [0.25, 0.3) is 23.3 Å². The van der Waals surface area contributed by atoms with Crippen molar-refractivity contribution in [3.8, 4) is 0 Å². The van der Waals surface area contributed by atoms with E-state index in [4.69, 9.17) is 4.74 Å². The number of aryl methyl sites for hydroxylation is 1. The van der Waals surface area contributed by atoms with Gasteiger partial charge in [0.1, 0.15) is 0 Å². The first-order valence-electron chi connectivity index (χ1n) is 11.0. The number of carboxylic acid groups (broad SMARTS) is 1. The molecule has 172 valence electrons. The van der Waals surface area contributed by atoms with Gasteiger partial charge in [0.25, 0.3) is 0 Å². The van der Waals surface area contributed by atoms with Gasteiger partial charge in [-0.1, -0.05) is 66.2 Å². The lowest BCUT2D eigenvalue weighted by Gasteiger charge is -2.20. The summed E-state index contributed by atoms with van der Waals surface area (Å²) in [5, 5.41) is 9.18. The Morgan fingerprint density at radius 1 is 1.00 bits per heavy atom. The minimum absolute atomic E-state index is 0.144. The van der Waals surface area contributed by atoms with E-state index in [0.717, 1.165) is 27.7 Å². The fourth-order valence-electron chi connectivity index (χ4n) is 3.40. The van der Waals surface area contributed by atoms with E-state index < -0.39 is 11.6 Å². The van der Waals surface area contributed by atoms with Crippen molar-refractivity contribution in [2.75, 3.05) is 0 Å². The van der Waals surface area contributed by atoms with Crippen LogP contribution in [-0.2, 0) is 16.1 Å². The lowest BCUT2D eigenvalue weighted by Crippen LogP contribution is -2.34. The van der Waals surface area contributed by atoms with Crippen molar-refractivity contribution in [3.63, 3.8) is 0 Å². The summed E-state index contributed by atoms with van der Waals surface area (Å²) in [5.41, 5.74) is 3.81. The van der Waals surface area contributed by atoms with Crippen LogP contribution in [0.3, 0.4) is 0 Å². The number of imidazole rings is 1. The Bertz CT molecular complexity index is 1360. The molecule has 0 atom stereocenters. The van der Waals surface area contributed by atoms with Gasteiger partial charge in [0.2, 0.25) is 5.78 Å². The second-order valence-electron chi connectivity index (χ2n) is 8.65. The smallest absolute Gasteiger partial charge is 0.335 e. The third-order valence-corrected chi connectivity index (χ3v) is 5.62. The van der Waals surface area contributed by atoms with E-state index in [2.05, 4.69) is 4.98 Å². The van der Waals surface area contributed by atoms with E-state index in [9.17, 15) is 14.7 Å². The second kappa shape index (κ2) is 9.45. The molecule has 6 nitrogen and oxygen atoms in total. The van der Waals surface area contributed by atoms with Gasteiger partial charge in [-0.15, -0.1) is 0 Å². The zero-order valence-corrected chi connectivity index (χ0v) is 19.4. The maximum absolute atomic E-state index is 13.2. The summed E-state index contributed by atoms with van der Waals surface area (Å²) < 4.78 is 7.32. The van der Waals surface area contributed by atoms with E-state index in [1.165, 1.54) is 13.8 Å². The molecular weight excluding hydrogens is 428 g/mol. The number of carbonyl (C=O) groups is 2. The molecule has 6 heteroatoms. The van der Waals surface area contributed by atoms with Crippen LogP contribution in [0.2, 0.25) is 0 Å². The molecule has 0 bridgehead atoms. The summed E-state index contributed by atoms with van der Waals surface area (Å²) in [4.78, 5) is 29.0. The van der Waals surface area contributed by atoms with Gasteiger partial charge < -0.3 is 9.84 Å². The zero-order chi connectivity index (χ0) is 24.3. The molecule has 0 saturated carbocycles. The number of aliphatic carboxylic acids is 1. The minimum Gasteiger partial charge on any atom is -0.479 e. The second-order valence-corrected chi connectivity index (χ2v) is 8.65. The fraction of sp³-hybridized carbons (Fsp3) is 0.179. The molecule has 0 radical (unpaired) electrons. The maximum Gasteiger partial charge on any atom is 0.335 e. The van der Waals surface area contributed by atoms with E-state index in [1.54, 1.807) is 0 Å². The molecule has 0 aliphatic rings. The first kappa shape index (κ1) is 23.1. The zero-order valence-electron chi connectivity index (χ0n) is 19.4. The lowest BCUT2D eigenvalue weighted by molar-refractivity contribution is -0.162. The van der Waals surface area contributed by atoms with Crippen LogP contribution >= 0.6 is 0 Å². The summed E-state index contributed by atoms with van der Waals surface area (Å²) in [6.45, 7) is 5.23. The number of carboxylic acids is 1. The van der Waals surface area contributed by atoms with Crippen LogP contribution in [0.5, 0.6) is 0 Å². The molecule has 0 fully saturated rings. The van der Waals surface area contributed by atoms with Crippen molar-refractivity contribution in [2.24, 2.45) is 0 Å². The summed E-state index contributed by atoms with van der Waals surface area (Å²) in [6.07, 6.45) is 3.75. The highest BCUT2D eigenvalue weighted by molar-refractivity contribution is 6.09. The molecule has 1 aromatic heterocycles. The van der Waals surface area contributed by atoms with Crippen molar-refractivity contribution in [3.05, 3.63) is 101 Å². The highest BCUT2D eigenvalue weighted by atomic mass is 16.5. The first-order valence-corrected chi connectivity index (χ1v) is 11.0. The van der Waals surface area contributed by atoms with Gasteiger partial charge in [-0.3, -0.25) is 9.36 Å². The average molecular weight is 455 g/mol. The molecule has 3 aromatic carbocycles. The van der Waals surface area contributed by atoms with Gasteiger partial charge in [0.05, 0.1) is 17.6 Å². The molecule has 0 aliphatic carbocycles. The van der Waals surface area contributed by atoms with Gasteiger partial charge >= 0.3 is 5.97 Å². The number of fused-ring (bicyclic) bond motifs is 1. The van der Waals surface area contributed by atoms with Crippen LogP contribution in [0.1, 0.15) is 46.7 Å². The van der Waals surface area contributed by atoms with Gasteiger partial charge in [0.15, 0.2) is 11.4 Å². The Balaban J connectivity index is 1.60. The average Bonchev–Trinajstić information content (AvgIpc) is 3.20.